The van der Waals surface area contributed by atoms with Crippen LogP contribution in [0, 0.1) is 5.92 Å². The zero-order valence-electron chi connectivity index (χ0n) is 12.8. The van der Waals surface area contributed by atoms with Crippen LogP contribution in [0.5, 0.6) is 5.88 Å². The van der Waals surface area contributed by atoms with Gasteiger partial charge in [0, 0.05) is 38.2 Å². The third-order valence-corrected chi connectivity index (χ3v) is 4.37. The van der Waals surface area contributed by atoms with Crippen molar-refractivity contribution in [2.24, 2.45) is 5.92 Å². The number of aromatic nitrogens is 1. The minimum Gasteiger partial charge on any atom is -0.471 e. The zero-order chi connectivity index (χ0) is 15.5. The topological polar surface area (TPSA) is 62.7 Å². The Balaban J connectivity index is 1.43. The lowest BCUT2D eigenvalue weighted by molar-refractivity contribution is -0.147. The average molecular weight is 303 g/mol. The van der Waals surface area contributed by atoms with Crippen molar-refractivity contribution in [1.29, 1.82) is 0 Å². The molecule has 0 spiro atoms. The fraction of sp³-hybridized carbons (Fsp3) is 0.562. The summed E-state index contributed by atoms with van der Waals surface area (Å²) in [5, 5.41) is 0. The van der Waals surface area contributed by atoms with Gasteiger partial charge in [0.25, 0.3) is 0 Å². The molecule has 0 unspecified atom stereocenters. The molecule has 2 aliphatic rings. The van der Waals surface area contributed by atoms with Crippen molar-refractivity contribution in [3.63, 3.8) is 0 Å². The minimum atomic E-state index is 0.0381. The fourth-order valence-electron chi connectivity index (χ4n) is 2.98. The van der Waals surface area contributed by atoms with Gasteiger partial charge in [-0.25, -0.2) is 4.98 Å². The van der Waals surface area contributed by atoms with Crippen molar-refractivity contribution in [3.05, 3.63) is 24.4 Å². The third-order valence-electron chi connectivity index (χ3n) is 4.37. The molecule has 118 valence electrons. The number of rotatable bonds is 3. The second kappa shape index (κ2) is 6.34. The highest BCUT2D eigenvalue weighted by Crippen LogP contribution is 2.24. The van der Waals surface area contributed by atoms with Crippen molar-refractivity contribution in [2.45, 2.75) is 25.9 Å². The summed E-state index contributed by atoms with van der Waals surface area (Å²) in [7, 11) is 0. The van der Waals surface area contributed by atoms with Gasteiger partial charge in [0.15, 0.2) is 0 Å². The van der Waals surface area contributed by atoms with E-state index in [0.717, 1.165) is 12.8 Å². The SMILES string of the molecule is CC(=O)N1CCC(C(=O)N2CC(Oc3ccccn3)C2)CC1. The standard InChI is InChI=1S/C16H21N3O3/c1-12(20)18-8-5-13(6-9-18)16(21)19-10-14(11-19)22-15-4-2-3-7-17-15/h2-4,7,13-14H,5-6,8-11H2,1H3. The van der Waals surface area contributed by atoms with Crippen LogP contribution < -0.4 is 4.74 Å². The normalized spacial score (nSPS) is 19.7. The predicted molar refractivity (Wildman–Crippen MR) is 80.2 cm³/mol. The number of ether oxygens (including phenoxy) is 1. The summed E-state index contributed by atoms with van der Waals surface area (Å²) in [6.07, 6.45) is 3.26. The van der Waals surface area contributed by atoms with E-state index >= 15 is 0 Å². The van der Waals surface area contributed by atoms with Crippen LogP contribution in [-0.4, -0.2) is 58.9 Å². The maximum Gasteiger partial charge on any atom is 0.226 e. The summed E-state index contributed by atoms with van der Waals surface area (Å²) < 4.78 is 5.71. The van der Waals surface area contributed by atoms with Crippen LogP contribution in [0.2, 0.25) is 0 Å². The van der Waals surface area contributed by atoms with Crippen molar-refractivity contribution in [1.82, 2.24) is 14.8 Å². The highest BCUT2D eigenvalue weighted by molar-refractivity contribution is 5.80. The van der Waals surface area contributed by atoms with E-state index in [1.165, 1.54) is 0 Å². The Bertz CT molecular complexity index is 535. The molecular weight excluding hydrogens is 282 g/mol. The number of amides is 2. The first-order chi connectivity index (χ1) is 10.6. The number of piperidine rings is 1. The van der Waals surface area contributed by atoms with Gasteiger partial charge in [-0.15, -0.1) is 0 Å². The van der Waals surface area contributed by atoms with E-state index in [9.17, 15) is 9.59 Å². The molecule has 0 atom stereocenters. The molecule has 2 fully saturated rings. The lowest BCUT2D eigenvalue weighted by Gasteiger charge is -2.41. The zero-order valence-corrected chi connectivity index (χ0v) is 12.8. The number of nitrogens with zero attached hydrogens (tertiary/aromatic N) is 3. The maximum atomic E-state index is 12.4. The largest absolute Gasteiger partial charge is 0.471 e. The first-order valence-electron chi connectivity index (χ1n) is 7.75. The van der Waals surface area contributed by atoms with Crippen LogP contribution in [0.4, 0.5) is 0 Å². The first kappa shape index (κ1) is 14.8. The molecule has 0 saturated carbocycles. The van der Waals surface area contributed by atoms with E-state index in [0.29, 0.717) is 32.1 Å². The summed E-state index contributed by atoms with van der Waals surface area (Å²) in [4.78, 5) is 31.5. The quantitative estimate of drug-likeness (QED) is 0.833. The van der Waals surface area contributed by atoms with Gasteiger partial charge in [-0.3, -0.25) is 9.59 Å². The van der Waals surface area contributed by atoms with Crippen LogP contribution >= 0.6 is 0 Å². The fourth-order valence-corrected chi connectivity index (χ4v) is 2.98. The van der Waals surface area contributed by atoms with Gasteiger partial charge in [0.2, 0.25) is 17.7 Å². The number of likely N-dealkylation sites (tertiary alicyclic amines) is 2. The smallest absolute Gasteiger partial charge is 0.226 e. The molecule has 22 heavy (non-hydrogen) atoms. The molecule has 6 heteroatoms. The van der Waals surface area contributed by atoms with Gasteiger partial charge in [-0.2, -0.15) is 0 Å². The summed E-state index contributed by atoms with van der Waals surface area (Å²) in [6.45, 7) is 4.21. The number of pyridine rings is 1. The van der Waals surface area contributed by atoms with Gasteiger partial charge < -0.3 is 14.5 Å². The molecule has 3 heterocycles. The van der Waals surface area contributed by atoms with Crippen molar-refractivity contribution in [2.75, 3.05) is 26.2 Å². The molecule has 0 aromatic carbocycles. The van der Waals surface area contributed by atoms with Gasteiger partial charge in [0.05, 0.1) is 13.1 Å². The third kappa shape index (κ3) is 3.21. The Labute approximate surface area is 130 Å². The summed E-state index contributed by atoms with van der Waals surface area (Å²) >= 11 is 0. The highest BCUT2D eigenvalue weighted by atomic mass is 16.5. The maximum absolute atomic E-state index is 12.4. The Morgan fingerprint density at radius 3 is 2.50 bits per heavy atom. The lowest BCUT2D eigenvalue weighted by Crippen LogP contribution is -2.58. The molecule has 0 N–H and O–H groups in total. The Hall–Kier alpha value is -2.11. The van der Waals surface area contributed by atoms with E-state index < -0.39 is 0 Å². The van der Waals surface area contributed by atoms with Crippen LogP contribution in [-0.2, 0) is 9.59 Å². The van der Waals surface area contributed by atoms with Gasteiger partial charge >= 0.3 is 0 Å². The molecule has 2 amide bonds. The molecular formula is C16H21N3O3. The predicted octanol–water partition coefficient (Wildman–Crippen LogP) is 0.930. The van der Waals surface area contributed by atoms with Gasteiger partial charge in [-0.05, 0) is 18.9 Å². The molecule has 2 aliphatic heterocycles. The minimum absolute atomic E-state index is 0.0381. The monoisotopic (exact) mass is 303 g/mol. The van der Waals surface area contributed by atoms with Crippen LogP contribution in [0.15, 0.2) is 24.4 Å². The molecule has 3 rings (SSSR count). The van der Waals surface area contributed by atoms with Gasteiger partial charge in [0.1, 0.15) is 6.10 Å². The van der Waals surface area contributed by atoms with Gasteiger partial charge in [-0.1, -0.05) is 6.07 Å². The number of hydrogen-bond acceptors (Lipinski definition) is 4. The number of hydrogen-bond donors (Lipinski definition) is 0. The lowest BCUT2D eigenvalue weighted by atomic mass is 9.93. The molecule has 1 aromatic rings. The van der Waals surface area contributed by atoms with Crippen molar-refractivity contribution < 1.29 is 14.3 Å². The van der Waals surface area contributed by atoms with E-state index in [2.05, 4.69) is 4.98 Å². The summed E-state index contributed by atoms with van der Waals surface area (Å²) in [5.41, 5.74) is 0. The molecule has 2 saturated heterocycles. The average Bonchev–Trinajstić information content (AvgIpc) is 2.51. The molecule has 0 aliphatic carbocycles. The summed E-state index contributed by atoms with van der Waals surface area (Å²) in [5.74, 6) is 0.948. The van der Waals surface area contributed by atoms with Crippen molar-refractivity contribution in [3.8, 4) is 5.88 Å². The van der Waals surface area contributed by atoms with Crippen LogP contribution in [0.25, 0.3) is 0 Å². The molecule has 0 radical (unpaired) electrons. The first-order valence-corrected chi connectivity index (χ1v) is 7.75. The van der Waals surface area contributed by atoms with E-state index in [-0.39, 0.29) is 23.8 Å². The highest BCUT2D eigenvalue weighted by Gasteiger charge is 2.37. The van der Waals surface area contributed by atoms with E-state index in [4.69, 9.17) is 4.74 Å². The molecule has 6 nitrogen and oxygen atoms in total. The Kier molecular flexibility index (Phi) is 4.27. The van der Waals surface area contributed by atoms with E-state index in [1.54, 1.807) is 13.1 Å². The molecule has 0 bridgehead atoms. The molecule has 1 aromatic heterocycles. The Morgan fingerprint density at radius 1 is 1.18 bits per heavy atom. The van der Waals surface area contributed by atoms with Crippen molar-refractivity contribution >= 4 is 11.8 Å². The van der Waals surface area contributed by atoms with E-state index in [1.807, 2.05) is 28.0 Å². The second-order valence-corrected chi connectivity index (χ2v) is 5.93. The van der Waals surface area contributed by atoms with Crippen LogP contribution in [0.1, 0.15) is 19.8 Å². The second-order valence-electron chi connectivity index (χ2n) is 5.93. The van der Waals surface area contributed by atoms with Crippen LogP contribution in [0.3, 0.4) is 0 Å². The number of carbonyl (C=O) groups is 2. The Morgan fingerprint density at radius 2 is 1.91 bits per heavy atom. The summed E-state index contributed by atoms with van der Waals surface area (Å²) in [6, 6.07) is 5.55. The number of carbonyl (C=O) groups excluding carboxylic acids is 2.